The maximum absolute atomic E-state index is 12.0. The Morgan fingerprint density at radius 1 is 0.966 bits per heavy atom. The van der Waals surface area contributed by atoms with Crippen LogP contribution in [-0.2, 0) is 17.6 Å². The average Bonchev–Trinajstić information content (AvgIpc) is 2.96. The fourth-order valence-corrected chi connectivity index (χ4v) is 4.11. The fourth-order valence-electron chi connectivity index (χ4n) is 4.11. The van der Waals surface area contributed by atoms with Crippen LogP contribution in [0.3, 0.4) is 0 Å². The number of methoxy groups -OCH3 is 1. The van der Waals surface area contributed by atoms with Crippen molar-refractivity contribution in [3.8, 4) is 22.7 Å². The minimum absolute atomic E-state index is 0.277. The van der Waals surface area contributed by atoms with Crippen LogP contribution in [0.5, 0.6) is 5.75 Å². The van der Waals surface area contributed by atoms with E-state index >= 15 is 0 Å². The summed E-state index contributed by atoms with van der Waals surface area (Å²) in [6, 6.07) is 18.3. The van der Waals surface area contributed by atoms with Gasteiger partial charge in [-0.25, -0.2) is 4.79 Å². The highest BCUT2D eigenvalue weighted by Gasteiger charge is 2.20. The first kappa shape index (κ1) is 19.3. The van der Waals surface area contributed by atoms with Crippen LogP contribution in [0.4, 0.5) is 0 Å². The molecule has 0 fully saturated rings. The second-order valence-electron chi connectivity index (χ2n) is 7.39. The summed E-state index contributed by atoms with van der Waals surface area (Å²) in [7, 11) is 1.69. The summed E-state index contributed by atoms with van der Waals surface area (Å²) in [6.07, 6.45) is 5.91. The first-order valence-corrected chi connectivity index (χ1v) is 10.4. The van der Waals surface area contributed by atoms with E-state index in [1.807, 2.05) is 43.3 Å². The molecule has 29 heavy (non-hydrogen) atoms. The Hall–Kier alpha value is -3.01. The largest absolute Gasteiger partial charge is 0.497 e. The summed E-state index contributed by atoms with van der Waals surface area (Å²) in [4.78, 5) is 12.0. The van der Waals surface area contributed by atoms with Gasteiger partial charge in [0.2, 0.25) is 0 Å². The van der Waals surface area contributed by atoms with Crippen molar-refractivity contribution < 1.29 is 14.3 Å². The minimum Gasteiger partial charge on any atom is -0.497 e. The highest BCUT2D eigenvalue weighted by Crippen LogP contribution is 2.34. The highest BCUT2D eigenvalue weighted by molar-refractivity contribution is 5.89. The maximum Gasteiger partial charge on any atom is 0.338 e. The molecule has 0 N–H and O–H groups in total. The van der Waals surface area contributed by atoms with Crippen molar-refractivity contribution in [2.75, 3.05) is 13.7 Å². The van der Waals surface area contributed by atoms with Gasteiger partial charge in [0.15, 0.2) is 0 Å². The molecule has 0 amide bonds. The predicted octanol–water partition coefficient (Wildman–Crippen LogP) is 5.60. The smallest absolute Gasteiger partial charge is 0.338 e. The van der Waals surface area contributed by atoms with Crippen LogP contribution < -0.4 is 4.74 Å². The molecule has 0 aliphatic heterocycles. The molecule has 4 heteroatoms. The Labute approximate surface area is 172 Å². The molecule has 0 radical (unpaired) electrons. The SMILES string of the molecule is CCOC(=O)c1ccc(-n2c(-c3ccc(OC)cc3)cc3c2CCCCC3)cc1. The zero-order chi connectivity index (χ0) is 20.2. The lowest BCUT2D eigenvalue weighted by atomic mass is 10.1. The molecule has 0 bridgehead atoms. The Morgan fingerprint density at radius 3 is 2.38 bits per heavy atom. The number of carbonyl (C=O) groups excluding carboxylic acids is 1. The van der Waals surface area contributed by atoms with Crippen molar-refractivity contribution in [1.29, 1.82) is 0 Å². The lowest BCUT2D eigenvalue weighted by Gasteiger charge is -2.15. The third kappa shape index (κ3) is 3.93. The van der Waals surface area contributed by atoms with Gasteiger partial charge in [-0.15, -0.1) is 0 Å². The second kappa shape index (κ2) is 8.56. The van der Waals surface area contributed by atoms with Gasteiger partial charge in [-0.05, 0) is 98.3 Å². The van der Waals surface area contributed by atoms with Crippen molar-refractivity contribution in [2.45, 2.75) is 39.0 Å². The average molecular weight is 389 g/mol. The number of carbonyl (C=O) groups is 1. The molecule has 1 heterocycles. The molecule has 0 spiro atoms. The minimum atomic E-state index is -0.277. The molecule has 2 aromatic carbocycles. The number of hydrogen-bond donors (Lipinski definition) is 0. The van der Waals surface area contributed by atoms with E-state index in [0.29, 0.717) is 12.2 Å². The number of aryl methyl sites for hydroxylation is 1. The third-order valence-corrected chi connectivity index (χ3v) is 5.57. The monoisotopic (exact) mass is 389 g/mol. The van der Waals surface area contributed by atoms with Crippen LogP contribution in [0.15, 0.2) is 54.6 Å². The highest BCUT2D eigenvalue weighted by atomic mass is 16.5. The van der Waals surface area contributed by atoms with Crippen LogP contribution in [0.1, 0.15) is 47.8 Å². The first-order chi connectivity index (χ1) is 14.2. The molecule has 0 saturated carbocycles. The van der Waals surface area contributed by atoms with Crippen molar-refractivity contribution >= 4 is 5.97 Å². The van der Waals surface area contributed by atoms with Crippen LogP contribution >= 0.6 is 0 Å². The standard InChI is InChI=1S/C25H27NO3/c1-3-29-25(27)19-9-13-21(14-10-19)26-23-8-6-4-5-7-20(23)17-24(26)18-11-15-22(28-2)16-12-18/h9-17H,3-8H2,1-2H3. The zero-order valence-corrected chi connectivity index (χ0v) is 17.1. The molecule has 3 aromatic rings. The van der Waals surface area contributed by atoms with Crippen LogP contribution in [0.2, 0.25) is 0 Å². The lowest BCUT2D eigenvalue weighted by Crippen LogP contribution is -2.06. The number of fused-ring (bicyclic) bond motifs is 1. The second-order valence-corrected chi connectivity index (χ2v) is 7.39. The molecule has 4 nitrogen and oxygen atoms in total. The van der Waals surface area contributed by atoms with Gasteiger partial charge in [-0.1, -0.05) is 6.42 Å². The Morgan fingerprint density at radius 2 is 1.69 bits per heavy atom. The Kier molecular flexibility index (Phi) is 5.70. The molecule has 150 valence electrons. The van der Waals surface area contributed by atoms with Gasteiger partial charge >= 0.3 is 5.97 Å². The van der Waals surface area contributed by atoms with Crippen molar-refractivity contribution in [3.63, 3.8) is 0 Å². The number of nitrogens with zero attached hydrogens (tertiary/aromatic N) is 1. The number of rotatable bonds is 5. The molecular weight excluding hydrogens is 362 g/mol. The number of ether oxygens (including phenoxy) is 2. The molecule has 0 saturated heterocycles. The molecule has 1 aliphatic carbocycles. The van der Waals surface area contributed by atoms with Gasteiger partial charge in [-0.2, -0.15) is 0 Å². The van der Waals surface area contributed by atoms with E-state index in [0.717, 1.165) is 29.8 Å². The summed E-state index contributed by atoms with van der Waals surface area (Å²) in [6.45, 7) is 2.20. The third-order valence-electron chi connectivity index (χ3n) is 5.57. The van der Waals surface area contributed by atoms with Crippen molar-refractivity contribution in [3.05, 3.63) is 71.4 Å². The molecule has 1 aliphatic rings. The van der Waals surface area contributed by atoms with Crippen LogP contribution in [0, 0.1) is 0 Å². The predicted molar refractivity (Wildman–Crippen MR) is 115 cm³/mol. The molecule has 1 aromatic heterocycles. The fraction of sp³-hybridized carbons (Fsp3) is 0.320. The molecule has 0 unspecified atom stereocenters. The van der Waals surface area contributed by atoms with E-state index < -0.39 is 0 Å². The van der Waals surface area contributed by atoms with Gasteiger partial charge in [0, 0.05) is 11.4 Å². The van der Waals surface area contributed by atoms with Gasteiger partial charge in [0.1, 0.15) is 5.75 Å². The van der Waals surface area contributed by atoms with Crippen molar-refractivity contribution in [1.82, 2.24) is 4.57 Å². The summed E-state index contributed by atoms with van der Waals surface area (Å²) < 4.78 is 12.8. The maximum atomic E-state index is 12.0. The zero-order valence-electron chi connectivity index (χ0n) is 17.1. The quantitative estimate of drug-likeness (QED) is 0.421. The summed E-state index contributed by atoms with van der Waals surface area (Å²) >= 11 is 0. The summed E-state index contributed by atoms with van der Waals surface area (Å²) in [5.74, 6) is 0.577. The summed E-state index contributed by atoms with van der Waals surface area (Å²) in [5, 5.41) is 0. The number of esters is 1. The van der Waals surface area contributed by atoms with Gasteiger partial charge < -0.3 is 14.0 Å². The Bertz CT molecular complexity index is 984. The summed E-state index contributed by atoms with van der Waals surface area (Å²) in [5.41, 5.74) is 6.82. The van der Waals surface area contributed by atoms with Gasteiger partial charge in [0.25, 0.3) is 0 Å². The Balaban J connectivity index is 1.80. The number of hydrogen-bond acceptors (Lipinski definition) is 3. The first-order valence-electron chi connectivity index (χ1n) is 10.4. The van der Waals surface area contributed by atoms with Crippen LogP contribution in [0.25, 0.3) is 16.9 Å². The molecule has 0 atom stereocenters. The van der Waals surface area contributed by atoms with E-state index in [9.17, 15) is 4.79 Å². The molecule has 4 rings (SSSR count). The van der Waals surface area contributed by atoms with Crippen LogP contribution in [-0.4, -0.2) is 24.3 Å². The van der Waals surface area contributed by atoms with E-state index in [1.165, 1.54) is 36.2 Å². The van der Waals surface area contributed by atoms with E-state index in [4.69, 9.17) is 9.47 Å². The van der Waals surface area contributed by atoms with Crippen molar-refractivity contribution in [2.24, 2.45) is 0 Å². The number of benzene rings is 2. The van der Waals surface area contributed by atoms with Gasteiger partial charge in [0.05, 0.1) is 25.0 Å². The normalized spacial score (nSPS) is 13.4. The van der Waals surface area contributed by atoms with E-state index in [2.05, 4.69) is 22.8 Å². The van der Waals surface area contributed by atoms with E-state index in [1.54, 1.807) is 7.11 Å². The lowest BCUT2D eigenvalue weighted by molar-refractivity contribution is 0.0526. The number of aromatic nitrogens is 1. The topological polar surface area (TPSA) is 40.5 Å². The van der Waals surface area contributed by atoms with E-state index in [-0.39, 0.29) is 5.97 Å². The van der Waals surface area contributed by atoms with Gasteiger partial charge in [-0.3, -0.25) is 0 Å². The molecular formula is C25H27NO3.